The van der Waals surface area contributed by atoms with E-state index in [2.05, 4.69) is 0 Å². The third-order valence-electron chi connectivity index (χ3n) is 4.86. The zero-order valence-corrected chi connectivity index (χ0v) is 17.3. The molecule has 0 amide bonds. The van der Waals surface area contributed by atoms with Gasteiger partial charge in [-0.1, -0.05) is 17.7 Å². The van der Waals surface area contributed by atoms with E-state index < -0.39 is 0 Å². The number of phenolic OH excluding ortho intramolecular Hbond substituents is 1. The Morgan fingerprint density at radius 3 is 2.87 bits per heavy atom. The van der Waals surface area contributed by atoms with Crippen molar-refractivity contribution in [2.75, 3.05) is 13.4 Å². The van der Waals surface area contributed by atoms with Crippen LogP contribution in [0.5, 0.6) is 23.0 Å². The summed E-state index contributed by atoms with van der Waals surface area (Å²) in [6.45, 7) is 2.48. The van der Waals surface area contributed by atoms with Crippen LogP contribution >= 0.6 is 11.6 Å². The van der Waals surface area contributed by atoms with Crippen LogP contribution in [0.1, 0.15) is 12.5 Å². The number of aromatic hydroxyl groups is 1. The van der Waals surface area contributed by atoms with Crippen molar-refractivity contribution in [3.05, 3.63) is 65.3 Å². The maximum absolute atomic E-state index is 10.1. The normalized spacial score (nSPS) is 12.7. The van der Waals surface area contributed by atoms with E-state index in [9.17, 15) is 5.11 Å². The lowest BCUT2D eigenvalue weighted by atomic mass is 10.1. The number of rotatable bonds is 5. The van der Waals surface area contributed by atoms with Crippen molar-refractivity contribution in [2.45, 2.75) is 6.92 Å². The van der Waals surface area contributed by atoms with E-state index in [1.54, 1.807) is 36.5 Å². The summed E-state index contributed by atoms with van der Waals surface area (Å²) in [5.74, 6) is 2.34. The van der Waals surface area contributed by atoms with Crippen molar-refractivity contribution in [3.8, 4) is 34.3 Å². The van der Waals surface area contributed by atoms with Gasteiger partial charge in [-0.25, -0.2) is 9.98 Å². The minimum absolute atomic E-state index is 0.0755. The number of hydrogen-bond acceptors (Lipinski definition) is 6. The average Bonchev–Trinajstić information content (AvgIpc) is 3.37. The van der Waals surface area contributed by atoms with Crippen molar-refractivity contribution < 1.29 is 19.3 Å². The third kappa shape index (κ3) is 3.53. The molecule has 4 aromatic rings. The molecule has 8 heteroatoms. The molecule has 2 aromatic carbocycles. The summed E-state index contributed by atoms with van der Waals surface area (Å²) in [4.78, 5) is 9.46. The molecular formula is C23H18ClN3O4. The summed E-state index contributed by atoms with van der Waals surface area (Å²) < 4.78 is 18.2. The predicted molar refractivity (Wildman–Crippen MR) is 118 cm³/mol. The molecule has 7 nitrogen and oxygen atoms in total. The van der Waals surface area contributed by atoms with Crippen LogP contribution in [0.2, 0.25) is 5.02 Å². The zero-order valence-electron chi connectivity index (χ0n) is 16.6. The first kappa shape index (κ1) is 19.3. The van der Waals surface area contributed by atoms with Crippen LogP contribution < -0.4 is 14.2 Å². The van der Waals surface area contributed by atoms with Gasteiger partial charge in [0.05, 0.1) is 11.6 Å². The Morgan fingerprint density at radius 2 is 2.03 bits per heavy atom. The summed E-state index contributed by atoms with van der Waals surface area (Å²) in [5, 5.41) is 10.6. The van der Waals surface area contributed by atoms with E-state index in [-0.39, 0.29) is 12.5 Å². The van der Waals surface area contributed by atoms with Gasteiger partial charge in [0.15, 0.2) is 28.8 Å². The van der Waals surface area contributed by atoms with Gasteiger partial charge in [-0.15, -0.1) is 0 Å². The number of fused-ring (bicyclic) bond motifs is 2. The molecule has 5 rings (SSSR count). The lowest BCUT2D eigenvalue weighted by Crippen LogP contribution is -1.93. The minimum Gasteiger partial charge on any atom is -0.504 e. The molecule has 0 fully saturated rings. The lowest BCUT2D eigenvalue weighted by molar-refractivity contribution is 0.174. The molecule has 31 heavy (non-hydrogen) atoms. The van der Waals surface area contributed by atoms with Gasteiger partial charge in [0, 0.05) is 29.6 Å². The van der Waals surface area contributed by atoms with Crippen LogP contribution in [0.3, 0.4) is 0 Å². The van der Waals surface area contributed by atoms with Gasteiger partial charge in [-0.05, 0) is 43.3 Å². The number of hydrogen-bond donors (Lipinski definition) is 1. The van der Waals surface area contributed by atoms with Gasteiger partial charge < -0.3 is 19.3 Å². The van der Waals surface area contributed by atoms with Gasteiger partial charge in [0.1, 0.15) is 11.3 Å². The molecule has 1 aliphatic rings. The molecule has 0 saturated carbocycles. The van der Waals surface area contributed by atoms with Gasteiger partial charge in [0.25, 0.3) is 0 Å². The Bertz CT molecular complexity index is 1320. The number of nitrogens with zero attached hydrogens (tertiary/aromatic N) is 3. The fourth-order valence-electron chi connectivity index (χ4n) is 3.39. The highest BCUT2D eigenvalue weighted by molar-refractivity contribution is 6.33. The summed E-state index contributed by atoms with van der Waals surface area (Å²) in [6.07, 6.45) is 3.57. The highest BCUT2D eigenvalue weighted by Crippen LogP contribution is 2.38. The topological polar surface area (TPSA) is 77.6 Å². The second-order valence-electron chi connectivity index (χ2n) is 6.81. The fraction of sp³-hybridized carbons (Fsp3) is 0.130. The molecule has 1 aliphatic heterocycles. The Kier molecular flexibility index (Phi) is 4.88. The van der Waals surface area contributed by atoms with E-state index in [0.717, 1.165) is 11.2 Å². The SMILES string of the molecule is CCOc1cc(-c2nc3ccccn3c2N=Cc2cc3c(cc2Cl)OCO3)ccc1O. The highest BCUT2D eigenvalue weighted by Gasteiger charge is 2.18. The van der Waals surface area contributed by atoms with Crippen LogP contribution in [-0.2, 0) is 0 Å². The molecule has 156 valence electrons. The van der Waals surface area contributed by atoms with Crippen LogP contribution in [0.4, 0.5) is 5.82 Å². The summed E-state index contributed by atoms with van der Waals surface area (Å²) in [5.41, 5.74) is 2.87. The van der Waals surface area contributed by atoms with Gasteiger partial charge in [-0.2, -0.15) is 0 Å². The molecule has 0 spiro atoms. The van der Waals surface area contributed by atoms with Crippen molar-refractivity contribution in [2.24, 2.45) is 4.99 Å². The molecule has 0 radical (unpaired) electrons. The maximum atomic E-state index is 10.1. The molecule has 1 N–H and O–H groups in total. The number of aliphatic imine (C=N–C) groups is 1. The standard InChI is InChI=1S/C23H18ClN3O4/c1-2-29-18-9-14(6-7-17(18)28)22-23(27-8-4-3-5-21(27)26-22)25-12-15-10-19-20(11-16(15)24)31-13-30-19/h3-12,28H,2,13H2,1H3. The second-order valence-corrected chi connectivity index (χ2v) is 7.22. The third-order valence-corrected chi connectivity index (χ3v) is 5.18. The van der Waals surface area contributed by atoms with Crippen molar-refractivity contribution in [3.63, 3.8) is 0 Å². The number of imidazole rings is 1. The van der Waals surface area contributed by atoms with Crippen LogP contribution in [0, 0.1) is 0 Å². The molecule has 2 aromatic heterocycles. The van der Waals surface area contributed by atoms with Crippen LogP contribution in [0.25, 0.3) is 16.9 Å². The molecule has 0 atom stereocenters. The molecule has 0 aliphatic carbocycles. The zero-order chi connectivity index (χ0) is 21.4. The van der Waals surface area contributed by atoms with E-state index in [1.807, 2.05) is 35.7 Å². The Hall–Kier alpha value is -3.71. The number of phenols is 1. The average molecular weight is 436 g/mol. The first-order chi connectivity index (χ1) is 15.1. The summed E-state index contributed by atoms with van der Waals surface area (Å²) in [6, 6.07) is 14.4. The molecule has 0 saturated heterocycles. The molecular weight excluding hydrogens is 418 g/mol. The Morgan fingerprint density at radius 1 is 1.19 bits per heavy atom. The van der Waals surface area contributed by atoms with Crippen LogP contribution in [0.15, 0.2) is 59.7 Å². The van der Waals surface area contributed by atoms with E-state index in [0.29, 0.717) is 46.0 Å². The highest BCUT2D eigenvalue weighted by atomic mass is 35.5. The minimum atomic E-state index is 0.0755. The number of ether oxygens (including phenoxy) is 3. The maximum Gasteiger partial charge on any atom is 0.231 e. The Labute approximate surface area is 183 Å². The van der Waals surface area contributed by atoms with Crippen molar-refractivity contribution in [1.29, 1.82) is 0 Å². The second kappa shape index (κ2) is 7.85. The van der Waals surface area contributed by atoms with E-state index in [1.165, 1.54) is 0 Å². The number of aromatic nitrogens is 2. The van der Waals surface area contributed by atoms with Gasteiger partial charge in [-0.3, -0.25) is 4.40 Å². The smallest absolute Gasteiger partial charge is 0.231 e. The van der Waals surface area contributed by atoms with E-state index >= 15 is 0 Å². The fourth-order valence-corrected chi connectivity index (χ4v) is 3.60. The number of benzene rings is 2. The number of pyridine rings is 1. The summed E-state index contributed by atoms with van der Waals surface area (Å²) in [7, 11) is 0. The molecule has 0 bridgehead atoms. The van der Waals surface area contributed by atoms with Crippen molar-refractivity contribution >= 4 is 29.3 Å². The monoisotopic (exact) mass is 435 g/mol. The summed E-state index contributed by atoms with van der Waals surface area (Å²) >= 11 is 6.40. The van der Waals surface area contributed by atoms with Gasteiger partial charge in [0.2, 0.25) is 6.79 Å². The van der Waals surface area contributed by atoms with Crippen LogP contribution in [-0.4, -0.2) is 34.1 Å². The number of halogens is 1. The Balaban J connectivity index is 1.62. The largest absolute Gasteiger partial charge is 0.504 e. The molecule has 0 unspecified atom stereocenters. The first-order valence-electron chi connectivity index (χ1n) is 9.70. The quantitative estimate of drug-likeness (QED) is 0.434. The van der Waals surface area contributed by atoms with Crippen molar-refractivity contribution in [1.82, 2.24) is 9.38 Å². The first-order valence-corrected chi connectivity index (χ1v) is 10.1. The molecule has 3 heterocycles. The van der Waals surface area contributed by atoms with E-state index in [4.69, 9.17) is 35.8 Å². The van der Waals surface area contributed by atoms with Gasteiger partial charge >= 0.3 is 0 Å². The lowest BCUT2D eigenvalue weighted by Gasteiger charge is -2.08. The predicted octanol–water partition coefficient (Wildman–Crippen LogP) is 5.24.